The average molecular weight is 357 g/mol. The van der Waals surface area contributed by atoms with Crippen molar-refractivity contribution in [3.05, 3.63) is 108 Å². The third-order valence-corrected chi connectivity index (χ3v) is 4.55. The van der Waals surface area contributed by atoms with E-state index in [1.807, 2.05) is 60.7 Å². The molecule has 2 N–H and O–H groups in total. The van der Waals surface area contributed by atoms with Crippen molar-refractivity contribution in [2.75, 3.05) is 0 Å². The Balaban J connectivity index is 1.65. The normalized spacial score (nSPS) is 13.2. The molecule has 2 unspecified atom stereocenters. The standard InChI is InChI=1S/C22H19N3O2/c26-21(17-9-5-2-6-10-17)20(16-7-3-1-4-8-16)24-22(27)18-11-12-19-23-13-14-25(19)15-18/h1-15,20-21,26H,(H,24,27). The van der Waals surface area contributed by atoms with E-state index in [4.69, 9.17) is 0 Å². The lowest BCUT2D eigenvalue weighted by Gasteiger charge is -2.25. The summed E-state index contributed by atoms with van der Waals surface area (Å²) in [6.07, 6.45) is 4.34. The van der Waals surface area contributed by atoms with Gasteiger partial charge in [-0.05, 0) is 23.3 Å². The van der Waals surface area contributed by atoms with Gasteiger partial charge in [0.05, 0.1) is 11.6 Å². The molecule has 2 aromatic carbocycles. The second kappa shape index (κ2) is 7.43. The second-order valence-electron chi connectivity index (χ2n) is 6.33. The highest BCUT2D eigenvalue weighted by Crippen LogP contribution is 2.29. The van der Waals surface area contributed by atoms with Crippen molar-refractivity contribution in [3.63, 3.8) is 0 Å². The molecule has 0 aliphatic rings. The van der Waals surface area contributed by atoms with Crippen LogP contribution in [0.1, 0.15) is 33.6 Å². The lowest BCUT2D eigenvalue weighted by molar-refractivity contribution is 0.0831. The number of carbonyl (C=O) groups excluding carboxylic acids is 1. The molecule has 4 aromatic rings. The monoisotopic (exact) mass is 357 g/mol. The van der Waals surface area contributed by atoms with E-state index in [1.54, 1.807) is 35.1 Å². The number of aliphatic hydroxyl groups excluding tert-OH is 1. The van der Waals surface area contributed by atoms with E-state index in [2.05, 4.69) is 10.3 Å². The molecule has 4 rings (SSSR count). The molecule has 0 bridgehead atoms. The fourth-order valence-electron chi connectivity index (χ4n) is 3.13. The van der Waals surface area contributed by atoms with Crippen LogP contribution in [0.25, 0.3) is 5.65 Å². The van der Waals surface area contributed by atoms with E-state index in [0.29, 0.717) is 5.56 Å². The molecule has 27 heavy (non-hydrogen) atoms. The maximum absolute atomic E-state index is 12.9. The van der Waals surface area contributed by atoms with Gasteiger partial charge >= 0.3 is 0 Å². The van der Waals surface area contributed by atoms with Crippen LogP contribution in [0.5, 0.6) is 0 Å². The average Bonchev–Trinajstić information content (AvgIpc) is 3.20. The predicted octanol–water partition coefficient (Wildman–Crippen LogP) is 3.54. The number of rotatable bonds is 5. The number of aromatic nitrogens is 2. The van der Waals surface area contributed by atoms with Gasteiger partial charge in [-0.15, -0.1) is 0 Å². The van der Waals surface area contributed by atoms with Crippen molar-refractivity contribution >= 4 is 11.6 Å². The summed E-state index contributed by atoms with van der Waals surface area (Å²) in [7, 11) is 0. The van der Waals surface area contributed by atoms with E-state index < -0.39 is 12.1 Å². The van der Waals surface area contributed by atoms with Crippen LogP contribution in [-0.2, 0) is 0 Å². The first-order chi connectivity index (χ1) is 13.2. The van der Waals surface area contributed by atoms with Crippen LogP contribution >= 0.6 is 0 Å². The Kier molecular flexibility index (Phi) is 4.68. The summed E-state index contributed by atoms with van der Waals surface area (Å²) >= 11 is 0. The van der Waals surface area contributed by atoms with Gasteiger partial charge in [0.2, 0.25) is 0 Å². The Morgan fingerprint density at radius 2 is 1.59 bits per heavy atom. The number of amides is 1. The first-order valence-electron chi connectivity index (χ1n) is 8.74. The molecule has 2 heterocycles. The molecule has 0 saturated heterocycles. The van der Waals surface area contributed by atoms with E-state index in [9.17, 15) is 9.90 Å². The van der Waals surface area contributed by atoms with Gasteiger partial charge in [0, 0.05) is 18.6 Å². The van der Waals surface area contributed by atoms with Crippen LogP contribution in [0.3, 0.4) is 0 Å². The van der Waals surface area contributed by atoms with E-state index in [-0.39, 0.29) is 5.91 Å². The van der Waals surface area contributed by atoms with Crippen molar-refractivity contribution in [2.45, 2.75) is 12.1 Å². The van der Waals surface area contributed by atoms with Gasteiger partial charge in [0.25, 0.3) is 5.91 Å². The minimum absolute atomic E-state index is 0.255. The molecule has 0 fully saturated rings. The van der Waals surface area contributed by atoms with Crippen LogP contribution in [0.15, 0.2) is 91.4 Å². The minimum Gasteiger partial charge on any atom is -0.386 e. The van der Waals surface area contributed by atoms with E-state index >= 15 is 0 Å². The first kappa shape index (κ1) is 17.0. The van der Waals surface area contributed by atoms with Gasteiger partial charge in [0.15, 0.2) is 0 Å². The number of nitrogens with one attached hydrogen (secondary N) is 1. The summed E-state index contributed by atoms with van der Waals surface area (Å²) in [4.78, 5) is 17.1. The van der Waals surface area contributed by atoms with Gasteiger partial charge in [-0.2, -0.15) is 0 Å². The minimum atomic E-state index is -0.866. The summed E-state index contributed by atoms with van der Waals surface area (Å²) in [6, 6.07) is 21.8. The number of aliphatic hydroxyl groups is 1. The summed E-state index contributed by atoms with van der Waals surface area (Å²) in [5, 5.41) is 13.9. The SMILES string of the molecule is O=C(NC(c1ccccc1)C(O)c1ccccc1)c1ccc2nccn2c1. The molecule has 0 aliphatic carbocycles. The molecule has 1 amide bonds. The quantitative estimate of drug-likeness (QED) is 0.574. The number of carbonyl (C=O) groups is 1. The number of nitrogens with zero attached hydrogens (tertiary/aromatic N) is 2. The Bertz CT molecular complexity index is 1040. The van der Waals surface area contributed by atoms with Gasteiger partial charge < -0.3 is 14.8 Å². The molecule has 5 heteroatoms. The lowest BCUT2D eigenvalue weighted by Crippen LogP contribution is -2.32. The Morgan fingerprint density at radius 3 is 2.30 bits per heavy atom. The smallest absolute Gasteiger partial charge is 0.253 e. The van der Waals surface area contributed by atoms with Crippen LogP contribution in [0.2, 0.25) is 0 Å². The van der Waals surface area contributed by atoms with Crippen LogP contribution in [0.4, 0.5) is 0 Å². The topological polar surface area (TPSA) is 66.6 Å². The van der Waals surface area contributed by atoms with Crippen LogP contribution in [-0.4, -0.2) is 20.4 Å². The molecule has 2 aromatic heterocycles. The van der Waals surface area contributed by atoms with Gasteiger partial charge in [-0.3, -0.25) is 4.79 Å². The third kappa shape index (κ3) is 3.59. The number of hydrogen-bond donors (Lipinski definition) is 2. The van der Waals surface area contributed by atoms with Crippen molar-refractivity contribution in [1.82, 2.24) is 14.7 Å². The zero-order valence-corrected chi connectivity index (χ0v) is 14.6. The fourth-order valence-corrected chi connectivity index (χ4v) is 3.13. The molecule has 0 aliphatic heterocycles. The zero-order valence-electron chi connectivity index (χ0n) is 14.6. The van der Waals surface area contributed by atoms with Gasteiger partial charge in [0.1, 0.15) is 11.8 Å². The lowest BCUT2D eigenvalue weighted by atomic mass is 9.95. The number of benzene rings is 2. The van der Waals surface area contributed by atoms with Gasteiger partial charge in [-0.25, -0.2) is 4.98 Å². The fraction of sp³-hybridized carbons (Fsp3) is 0.0909. The number of imidazole rings is 1. The van der Waals surface area contributed by atoms with E-state index in [1.165, 1.54) is 0 Å². The number of fused-ring (bicyclic) bond motifs is 1. The first-order valence-corrected chi connectivity index (χ1v) is 8.74. The van der Waals surface area contributed by atoms with Crippen molar-refractivity contribution in [2.24, 2.45) is 0 Å². The highest BCUT2D eigenvalue weighted by Gasteiger charge is 2.25. The Labute approximate surface area is 156 Å². The van der Waals surface area contributed by atoms with Gasteiger partial charge in [-0.1, -0.05) is 60.7 Å². The largest absolute Gasteiger partial charge is 0.386 e. The third-order valence-electron chi connectivity index (χ3n) is 4.55. The van der Waals surface area contributed by atoms with Crippen LogP contribution < -0.4 is 5.32 Å². The maximum atomic E-state index is 12.9. The zero-order chi connectivity index (χ0) is 18.6. The van der Waals surface area contributed by atoms with Crippen LogP contribution in [0, 0.1) is 0 Å². The molecular weight excluding hydrogens is 338 g/mol. The van der Waals surface area contributed by atoms with Crippen molar-refractivity contribution < 1.29 is 9.90 Å². The Morgan fingerprint density at radius 1 is 0.926 bits per heavy atom. The Hall–Kier alpha value is -3.44. The highest BCUT2D eigenvalue weighted by molar-refractivity contribution is 5.94. The molecule has 5 nitrogen and oxygen atoms in total. The molecule has 134 valence electrons. The molecule has 0 spiro atoms. The molecular formula is C22H19N3O2. The van der Waals surface area contributed by atoms with Crippen molar-refractivity contribution in [1.29, 1.82) is 0 Å². The molecule has 0 radical (unpaired) electrons. The molecule has 2 atom stereocenters. The number of hydrogen-bond acceptors (Lipinski definition) is 3. The summed E-state index contributed by atoms with van der Waals surface area (Å²) < 4.78 is 1.79. The highest BCUT2D eigenvalue weighted by atomic mass is 16.3. The van der Waals surface area contributed by atoms with E-state index in [0.717, 1.165) is 16.8 Å². The molecule has 0 saturated carbocycles. The van der Waals surface area contributed by atoms with Crippen molar-refractivity contribution in [3.8, 4) is 0 Å². The maximum Gasteiger partial charge on any atom is 0.253 e. The summed E-state index contributed by atoms with van der Waals surface area (Å²) in [5.74, 6) is -0.255. The summed E-state index contributed by atoms with van der Waals surface area (Å²) in [5.41, 5.74) is 2.86. The predicted molar refractivity (Wildman–Crippen MR) is 103 cm³/mol. The summed E-state index contributed by atoms with van der Waals surface area (Å²) in [6.45, 7) is 0. The number of pyridine rings is 1. The second-order valence-corrected chi connectivity index (χ2v) is 6.33.